The molecule has 0 saturated carbocycles. The number of hydrogen-bond donors (Lipinski definition) is 3. The largest absolute Gasteiger partial charge is 0.394 e. The van der Waals surface area contributed by atoms with Gasteiger partial charge >= 0.3 is 0 Å². The Morgan fingerprint density at radius 3 is 2.65 bits per heavy atom. The number of nitrogens with zero attached hydrogens (tertiary/aromatic N) is 2. The summed E-state index contributed by atoms with van der Waals surface area (Å²) in [7, 11) is -3.92. The molecule has 0 bridgehead atoms. The second kappa shape index (κ2) is 12.6. The van der Waals surface area contributed by atoms with Crippen molar-refractivity contribution in [2.45, 2.75) is 24.8 Å². The first-order valence-corrected chi connectivity index (χ1v) is 12.2. The second-order valence-electron chi connectivity index (χ2n) is 7.63. The van der Waals surface area contributed by atoms with Gasteiger partial charge in [0, 0.05) is 13.1 Å². The molecule has 0 aromatic heterocycles. The highest BCUT2D eigenvalue weighted by molar-refractivity contribution is 7.88. The van der Waals surface area contributed by atoms with E-state index in [1.807, 2.05) is 6.07 Å². The van der Waals surface area contributed by atoms with Gasteiger partial charge in [0.05, 0.1) is 24.0 Å². The van der Waals surface area contributed by atoms with Crippen molar-refractivity contribution in [2.24, 2.45) is 0 Å². The topological polar surface area (TPSA) is 140 Å². The van der Waals surface area contributed by atoms with Crippen LogP contribution < -0.4 is 10.0 Å². The predicted octanol–water partition coefficient (Wildman–Crippen LogP) is 0.932. The minimum Gasteiger partial charge on any atom is -0.394 e. The SMILES string of the molecule is C=C/C(C#N)=C\C=C(/C)CNC(=O)C1C=CCN1C(=O)[C@@H](CO)NS(=O)(=O)Cc1ccccc1. The number of rotatable bonds is 11. The minimum atomic E-state index is -3.92. The Balaban J connectivity index is 2.02. The monoisotopic (exact) mass is 484 g/mol. The lowest BCUT2D eigenvalue weighted by atomic mass is 10.2. The molecule has 1 aliphatic rings. The van der Waals surface area contributed by atoms with Gasteiger partial charge in [-0.3, -0.25) is 9.59 Å². The number of nitrogens with one attached hydrogen (secondary N) is 2. The van der Waals surface area contributed by atoms with Crippen LogP contribution in [0.1, 0.15) is 12.5 Å². The average Bonchev–Trinajstić information content (AvgIpc) is 3.31. The molecule has 1 aliphatic heterocycles. The molecular weight excluding hydrogens is 456 g/mol. The average molecular weight is 485 g/mol. The summed E-state index contributed by atoms with van der Waals surface area (Å²) < 4.78 is 27.3. The van der Waals surface area contributed by atoms with Gasteiger partial charge < -0.3 is 15.3 Å². The number of carbonyl (C=O) groups is 2. The van der Waals surface area contributed by atoms with Crippen LogP contribution in [0.15, 0.2) is 78.4 Å². The van der Waals surface area contributed by atoms with Crippen molar-refractivity contribution < 1.29 is 23.1 Å². The fraction of sp³-hybridized carbons (Fsp3) is 0.292. The van der Waals surface area contributed by atoms with Crippen LogP contribution in [0.5, 0.6) is 0 Å². The third-order valence-corrected chi connectivity index (χ3v) is 6.30. The van der Waals surface area contributed by atoms with Gasteiger partial charge in [0.2, 0.25) is 21.8 Å². The summed E-state index contributed by atoms with van der Waals surface area (Å²) in [6.07, 6.45) is 7.85. The maximum Gasteiger partial charge on any atom is 0.247 e. The summed E-state index contributed by atoms with van der Waals surface area (Å²) >= 11 is 0. The molecule has 0 saturated heterocycles. The van der Waals surface area contributed by atoms with E-state index in [9.17, 15) is 23.1 Å². The molecule has 3 N–H and O–H groups in total. The van der Waals surface area contributed by atoms with Crippen molar-refractivity contribution in [3.05, 3.63) is 84.0 Å². The molecule has 2 atom stereocenters. The molecule has 2 rings (SSSR count). The molecule has 1 heterocycles. The van der Waals surface area contributed by atoms with Gasteiger partial charge in [0.15, 0.2) is 0 Å². The van der Waals surface area contributed by atoms with Crippen LogP contribution in [0.3, 0.4) is 0 Å². The van der Waals surface area contributed by atoms with Crippen LogP contribution >= 0.6 is 0 Å². The van der Waals surface area contributed by atoms with Gasteiger partial charge in [0.1, 0.15) is 12.1 Å². The van der Waals surface area contributed by atoms with E-state index >= 15 is 0 Å². The molecular formula is C24H28N4O5S. The molecule has 9 nitrogen and oxygen atoms in total. The zero-order chi connectivity index (χ0) is 25.1. The number of carbonyl (C=O) groups excluding carboxylic acids is 2. The second-order valence-corrected chi connectivity index (χ2v) is 9.38. The lowest BCUT2D eigenvalue weighted by Crippen LogP contribution is -2.55. The minimum absolute atomic E-state index is 0.107. The van der Waals surface area contributed by atoms with Crippen molar-refractivity contribution in [1.82, 2.24) is 14.9 Å². The van der Waals surface area contributed by atoms with E-state index in [4.69, 9.17) is 5.26 Å². The van der Waals surface area contributed by atoms with Gasteiger partial charge in [-0.25, -0.2) is 13.1 Å². The van der Waals surface area contributed by atoms with Crippen molar-refractivity contribution >= 4 is 21.8 Å². The van der Waals surface area contributed by atoms with Crippen molar-refractivity contribution in [2.75, 3.05) is 19.7 Å². The van der Waals surface area contributed by atoms with Gasteiger partial charge in [-0.1, -0.05) is 66.8 Å². The first-order valence-electron chi connectivity index (χ1n) is 10.5. The molecule has 10 heteroatoms. The first kappa shape index (κ1) is 26.7. The number of benzene rings is 1. The summed E-state index contributed by atoms with van der Waals surface area (Å²) in [4.78, 5) is 26.8. The van der Waals surface area contributed by atoms with Crippen LogP contribution in [0.4, 0.5) is 0 Å². The van der Waals surface area contributed by atoms with Gasteiger partial charge in [-0.2, -0.15) is 5.26 Å². The normalized spacial score (nSPS) is 17.2. The molecule has 1 unspecified atom stereocenters. The van der Waals surface area contributed by atoms with Crippen LogP contribution in [0.25, 0.3) is 0 Å². The highest BCUT2D eigenvalue weighted by Crippen LogP contribution is 2.13. The highest BCUT2D eigenvalue weighted by atomic mass is 32.2. The van der Waals surface area contributed by atoms with Crippen LogP contribution in [-0.4, -0.2) is 62.0 Å². The van der Waals surface area contributed by atoms with E-state index < -0.39 is 40.5 Å². The molecule has 180 valence electrons. The quantitative estimate of drug-likeness (QED) is 0.243. The van der Waals surface area contributed by atoms with E-state index in [-0.39, 0.29) is 18.8 Å². The third-order valence-electron chi connectivity index (χ3n) is 4.95. The molecule has 0 spiro atoms. The third kappa shape index (κ3) is 7.81. The number of hydrogen-bond acceptors (Lipinski definition) is 6. The van der Waals surface area contributed by atoms with Crippen molar-refractivity contribution in [3.8, 4) is 6.07 Å². The van der Waals surface area contributed by atoms with Crippen molar-refractivity contribution in [1.29, 1.82) is 5.26 Å². The number of amides is 2. The number of allylic oxidation sites excluding steroid dienone is 4. The molecule has 0 aliphatic carbocycles. The van der Waals surface area contributed by atoms with Crippen LogP contribution in [0, 0.1) is 11.3 Å². The van der Waals surface area contributed by atoms with E-state index in [1.54, 1.807) is 61.6 Å². The summed E-state index contributed by atoms with van der Waals surface area (Å²) in [6, 6.07) is 8.06. The van der Waals surface area contributed by atoms with Gasteiger partial charge in [-0.05, 0) is 18.6 Å². The smallest absolute Gasteiger partial charge is 0.247 e. The predicted molar refractivity (Wildman–Crippen MR) is 128 cm³/mol. The maximum absolute atomic E-state index is 13.0. The molecule has 0 radical (unpaired) electrons. The van der Waals surface area contributed by atoms with Crippen molar-refractivity contribution in [3.63, 3.8) is 0 Å². The van der Waals surface area contributed by atoms with Gasteiger partial charge in [-0.15, -0.1) is 0 Å². The fourth-order valence-electron chi connectivity index (χ4n) is 3.17. The Morgan fingerprint density at radius 1 is 1.32 bits per heavy atom. The number of sulfonamides is 1. The lowest BCUT2D eigenvalue weighted by Gasteiger charge is -2.27. The molecule has 34 heavy (non-hydrogen) atoms. The van der Waals surface area contributed by atoms with E-state index in [0.29, 0.717) is 11.1 Å². The Hall–Kier alpha value is -3.52. The van der Waals surface area contributed by atoms with E-state index in [2.05, 4.69) is 16.6 Å². The number of aliphatic hydroxyl groups excluding tert-OH is 1. The lowest BCUT2D eigenvalue weighted by molar-refractivity contribution is -0.139. The number of nitriles is 1. The standard InChI is InChI=1S/C24H28N4O5S/c1-3-19(14-25)12-11-18(2)15-26-23(30)22-10-7-13-28(22)24(31)21(16-29)27-34(32,33)17-20-8-5-4-6-9-20/h3-12,21-22,27,29H,1,13,15-17H2,2H3,(H,26,30)/b18-11+,19-12+/t21-,22?/m1/s1. The fourth-order valence-corrected chi connectivity index (χ4v) is 4.49. The van der Waals surface area contributed by atoms with E-state index in [0.717, 1.165) is 5.57 Å². The Morgan fingerprint density at radius 2 is 2.03 bits per heavy atom. The molecule has 2 amide bonds. The Kier molecular flexibility index (Phi) is 9.94. The molecule has 1 aromatic carbocycles. The van der Waals surface area contributed by atoms with Crippen LogP contribution in [-0.2, 0) is 25.4 Å². The Bertz CT molecular complexity index is 1130. The summed E-state index contributed by atoms with van der Waals surface area (Å²) in [5, 5.41) is 21.3. The van der Waals surface area contributed by atoms with E-state index in [1.165, 1.54) is 11.0 Å². The molecule has 1 aromatic rings. The summed E-state index contributed by atoms with van der Waals surface area (Å²) in [5.41, 5.74) is 1.68. The van der Waals surface area contributed by atoms with Crippen LogP contribution in [0.2, 0.25) is 0 Å². The zero-order valence-electron chi connectivity index (χ0n) is 18.8. The summed E-state index contributed by atoms with van der Waals surface area (Å²) in [5.74, 6) is -1.50. The van der Waals surface area contributed by atoms with Gasteiger partial charge in [0.25, 0.3) is 0 Å². The molecule has 0 fully saturated rings. The maximum atomic E-state index is 13.0. The summed E-state index contributed by atoms with van der Waals surface area (Å²) in [6.45, 7) is 4.84. The Labute approximate surface area is 199 Å². The number of aliphatic hydroxyl groups is 1. The highest BCUT2D eigenvalue weighted by Gasteiger charge is 2.35. The first-order chi connectivity index (χ1) is 16.2. The zero-order valence-corrected chi connectivity index (χ0v) is 19.7.